The highest BCUT2D eigenvalue weighted by Crippen LogP contribution is 2.40. The minimum absolute atomic E-state index is 0.402. The number of aryl methyl sites for hydroxylation is 1. The van der Waals surface area contributed by atoms with E-state index in [-0.39, 0.29) is 0 Å². The summed E-state index contributed by atoms with van der Waals surface area (Å²) >= 11 is 3.91. The molecule has 4 rings (SSSR count). The van der Waals surface area contributed by atoms with Crippen LogP contribution in [0.1, 0.15) is 26.7 Å². The van der Waals surface area contributed by atoms with Gasteiger partial charge in [0.05, 0.1) is 0 Å². The van der Waals surface area contributed by atoms with E-state index in [9.17, 15) is 0 Å². The Bertz CT molecular complexity index is 1040. The molecule has 0 spiro atoms. The minimum atomic E-state index is 0.402. The number of benzene rings is 1. The zero-order valence-corrected chi connectivity index (χ0v) is 20.0. The summed E-state index contributed by atoms with van der Waals surface area (Å²) in [6.07, 6.45) is 3.59. The van der Waals surface area contributed by atoms with Crippen LogP contribution in [0.15, 0.2) is 28.5 Å². The molecule has 0 radical (unpaired) electrons. The topological polar surface area (TPSA) is 100 Å². The molecule has 0 fully saturated rings. The van der Waals surface area contributed by atoms with Gasteiger partial charge in [0, 0.05) is 21.1 Å². The van der Waals surface area contributed by atoms with E-state index in [4.69, 9.17) is 20.2 Å². The second-order valence-electron chi connectivity index (χ2n) is 7.32. The van der Waals surface area contributed by atoms with Crippen LogP contribution in [0, 0.1) is 3.57 Å². The average molecular weight is 540 g/mol. The molecule has 0 amide bonds. The van der Waals surface area contributed by atoms with E-state index in [1.807, 2.05) is 12.1 Å². The number of halogens is 1. The summed E-state index contributed by atoms with van der Waals surface area (Å²) in [6.45, 7) is 7.27. The van der Waals surface area contributed by atoms with Gasteiger partial charge in [0.2, 0.25) is 0 Å². The summed E-state index contributed by atoms with van der Waals surface area (Å²) in [4.78, 5) is 14.4. The molecule has 3 N–H and O–H groups in total. The van der Waals surface area contributed by atoms with Crippen molar-refractivity contribution in [3.8, 4) is 11.5 Å². The Hall–Kier alpha value is -1.79. The zero-order valence-electron chi connectivity index (χ0n) is 17.0. The molecule has 30 heavy (non-hydrogen) atoms. The standard InChI is InChI=1S/C20H25IN6O2S/c1-12(2)23-5-3-4-6-27-19-17(18(22)24-11-25-19)26-20(27)30-16-10-15-14(9-13(16)21)28-7-8-29-15/h9-12,23H,3-8H2,1-2H3,(H2,22,24,25). The number of hydrogen-bond acceptors (Lipinski definition) is 8. The van der Waals surface area contributed by atoms with Crippen molar-refractivity contribution in [3.63, 3.8) is 0 Å². The Morgan fingerprint density at radius 3 is 2.73 bits per heavy atom. The van der Waals surface area contributed by atoms with E-state index in [0.29, 0.717) is 30.6 Å². The van der Waals surface area contributed by atoms with Crippen molar-refractivity contribution in [2.75, 3.05) is 25.5 Å². The number of nitrogen functional groups attached to an aromatic ring is 1. The fourth-order valence-electron chi connectivity index (χ4n) is 3.22. The molecule has 0 saturated heterocycles. The summed E-state index contributed by atoms with van der Waals surface area (Å²) in [6, 6.07) is 4.53. The van der Waals surface area contributed by atoms with Gasteiger partial charge in [0.15, 0.2) is 33.6 Å². The molecule has 3 heterocycles. The van der Waals surface area contributed by atoms with Gasteiger partial charge >= 0.3 is 0 Å². The number of anilines is 1. The van der Waals surface area contributed by atoms with Crippen LogP contribution in [0.4, 0.5) is 5.82 Å². The highest BCUT2D eigenvalue weighted by molar-refractivity contribution is 14.1. The van der Waals surface area contributed by atoms with Gasteiger partial charge < -0.3 is 25.1 Å². The van der Waals surface area contributed by atoms with Crippen molar-refractivity contribution < 1.29 is 9.47 Å². The highest BCUT2D eigenvalue weighted by Gasteiger charge is 2.20. The first-order valence-corrected chi connectivity index (χ1v) is 11.9. The number of rotatable bonds is 8. The van der Waals surface area contributed by atoms with Crippen LogP contribution in [0.5, 0.6) is 11.5 Å². The van der Waals surface area contributed by atoms with E-state index in [1.165, 1.54) is 6.33 Å². The number of unbranched alkanes of at least 4 members (excludes halogenated alkanes) is 1. The van der Waals surface area contributed by atoms with Gasteiger partial charge in [0.25, 0.3) is 0 Å². The fraction of sp³-hybridized carbons (Fsp3) is 0.450. The number of nitrogens with two attached hydrogens (primary N) is 1. The Kier molecular flexibility index (Phi) is 6.84. The van der Waals surface area contributed by atoms with E-state index >= 15 is 0 Å². The highest BCUT2D eigenvalue weighted by atomic mass is 127. The molecule has 2 aromatic heterocycles. The smallest absolute Gasteiger partial charge is 0.175 e. The number of nitrogens with one attached hydrogen (secondary N) is 1. The third-order valence-electron chi connectivity index (χ3n) is 4.68. The summed E-state index contributed by atoms with van der Waals surface area (Å²) in [7, 11) is 0. The Balaban J connectivity index is 1.61. The third-order valence-corrected chi connectivity index (χ3v) is 6.99. The Morgan fingerprint density at radius 2 is 1.97 bits per heavy atom. The molecule has 0 atom stereocenters. The summed E-state index contributed by atoms with van der Waals surface area (Å²) in [5.41, 5.74) is 7.50. The van der Waals surface area contributed by atoms with Gasteiger partial charge in [-0.1, -0.05) is 25.6 Å². The minimum Gasteiger partial charge on any atom is -0.486 e. The molecular weight excluding hydrogens is 515 g/mol. The van der Waals surface area contributed by atoms with Crippen molar-refractivity contribution in [2.24, 2.45) is 0 Å². The van der Waals surface area contributed by atoms with Gasteiger partial charge in [-0.15, -0.1) is 0 Å². The second-order valence-corrected chi connectivity index (χ2v) is 9.49. The molecule has 1 aliphatic heterocycles. The van der Waals surface area contributed by atoms with Crippen molar-refractivity contribution >= 4 is 51.3 Å². The van der Waals surface area contributed by atoms with Crippen LogP contribution < -0.4 is 20.5 Å². The predicted molar refractivity (Wildman–Crippen MR) is 126 cm³/mol. The first-order chi connectivity index (χ1) is 14.5. The maximum Gasteiger partial charge on any atom is 0.175 e. The lowest BCUT2D eigenvalue weighted by atomic mass is 10.3. The van der Waals surface area contributed by atoms with E-state index in [2.05, 4.69) is 56.3 Å². The number of ether oxygens (including phenoxy) is 2. The van der Waals surface area contributed by atoms with Crippen LogP contribution in [0.3, 0.4) is 0 Å². The molecule has 0 aliphatic carbocycles. The van der Waals surface area contributed by atoms with Crippen molar-refractivity contribution in [1.82, 2.24) is 24.8 Å². The number of imidazole rings is 1. The quantitative estimate of drug-likeness (QED) is 0.330. The van der Waals surface area contributed by atoms with Gasteiger partial charge in [-0.05, 0) is 54.1 Å². The fourth-order valence-corrected chi connectivity index (χ4v) is 4.93. The van der Waals surface area contributed by atoms with Crippen molar-refractivity contribution in [3.05, 3.63) is 22.0 Å². The number of hydrogen-bond donors (Lipinski definition) is 2. The Morgan fingerprint density at radius 1 is 1.20 bits per heavy atom. The second kappa shape index (κ2) is 9.56. The number of nitrogens with zero attached hydrogens (tertiary/aromatic N) is 4. The summed E-state index contributed by atoms with van der Waals surface area (Å²) in [5, 5.41) is 4.31. The summed E-state index contributed by atoms with van der Waals surface area (Å²) in [5.74, 6) is 1.96. The first kappa shape index (κ1) is 21.4. The van der Waals surface area contributed by atoms with Gasteiger partial charge in [-0.25, -0.2) is 15.0 Å². The van der Waals surface area contributed by atoms with Crippen LogP contribution in [0.25, 0.3) is 11.2 Å². The van der Waals surface area contributed by atoms with Crippen molar-refractivity contribution in [1.29, 1.82) is 0 Å². The Labute approximate surface area is 193 Å². The van der Waals surface area contributed by atoms with E-state index in [0.717, 1.165) is 56.7 Å². The summed E-state index contributed by atoms with van der Waals surface area (Å²) < 4.78 is 14.7. The van der Waals surface area contributed by atoms with Crippen LogP contribution in [-0.4, -0.2) is 45.3 Å². The molecule has 0 bridgehead atoms. The first-order valence-electron chi connectivity index (χ1n) is 10.00. The molecule has 0 saturated carbocycles. The lowest BCUT2D eigenvalue weighted by Crippen LogP contribution is -2.23. The zero-order chi connectivity index (χ0) is 21.1. The molecular formula is C20H25IN6O2S. The molecule has 10 heteroatoms. The molecule has 8 nitrogen and oxygen atoms in total. The largest absolute Gasteiger partial charge is 0.486 e. The SMILES string of the molecule is CC(C)NCCCCn1c(Sc2cc3c(cc2I)OCCO3)nc2c(N)ncnc21. The van der Waals surface area contributed by atoms with Gasteiger partial charge in [-0.3, -0.25) is 0 Å². The van der Waals surface area contributed by atoms with E-state index < -0.39 is 0 Å². The van der Waals surface area contributed by atoms with Crippen molar-refractivity contribution in [2.45, 2.75) is 49.3 Å². The molecule has 1 aliphatic rings. The maximum atomic E-state index is 6.08. The van der Waals surface area contributed by atoms with Crippen LogP contribution in [0.2, 0.25) is 0 Å². The lowest BCUT2D eigenvalue weighted by molar-refractivity contribution is 0.171. The van der Waals surface area contributed by atoms with E-state index in [1.54, 1.807) is 11.8 Å². The van der Waals surface area contributed by atoms with Crippen LogP contribution in [-0.2, 0) is 6.54 Å². The van der Waals surface area contributed by atoms with Crippen LogP contribution >= 0.6 is 34.4 Å². The third kappa shape index (κ3) is 4.75. The number of aromatic nitrogens is 4. The average Bonchev–Trinajstić information content (AvgIpc) is 3.07. The normalized spacial score (nSPS) is 13.3. The lowest BCUT2D eigenvalue weighted by Gasteiger charge is -2.19. The number of fused-ring (bicyclic) bond motifs is 2. The molecule has 0 unspecified atom stereocenters. The predicted octanol–water partition coefficient (Wildman–Crippen LogP) is 3.71. The molecule has 160 valence electrons. The molecule has 3 aromatic rings. The maximum absolute atomic E-state index is 6.08. The molecule has 1 aromatic carbocycles. The van der Waals surface area contributed by atoms with Gasteiger partial charge in [-0.2, -0.15) is 0 Å². The monoisotopic (exact) mass is 540 g/mol. The van der Waals surface area contributed by atoms with Gasteiger partial charge in [0.1, 0.15) is 19.5 Å².